The fraction of sp³-hybridized carbons (Fsp3) is 0.478. The molecule has 0 aliphatic heterocycles. The first-order chi connectivity index (χ1) is 16.5. The molecule has 10 nitrogen and oxygen atoms in total. The predicted octanol–water partition coefficient (Wildman–Crippen LogP) is 2.65. The van der Waals surface area contributed by atoms with Crippen LogP contribution in [0.2, 0.25) is 0 Å². The molecule has 1 amide bonds. The molecule has 0 aromatic carbocycles. The van der Waals surface area contributed by atoms with E-state index in [2.05, 4.69) is 26.0 Å². The van der Waals surface area contributed by atoms with Crippen LogP contribution in [0.5, 0.6) is 0 Å². The third-order valence-corrected chi connectivity index (χ3v) is 6.71. The maximum absolute atomic E-state index is 13.3. The summed E-state index contributed by atoms with van der Waals surface area (Å²) in [5.74, 6) is 0.734. The van der Waals surface area contributed by atoms with E-state index in [1.807, 2.05) is 0 Å². The van der Waals surface area contributed by atoms with Crippen LogP contribution in [0.15, 0.2) is 35.4 Å². The topological polar surface area (TPSA) is 115 Å². The Bertz CT molecular complexity index is 1270. The maximum Gasteiger partial charge on any atom is 0.274 e. The lowest BCUT2D eigenvalue weighted by Crippen LogP contribution is -2.35. The van der Waals surface area contributed by atoms with Crippen LogP contribution in [-0.2, 0) is 4.74 Å². The number of carbonyl (C=O) groups is 1. The van der Waals surface area contributed by atoms with Crippen LogP contribution in [0.25, 0.3) is 5.65 Å². The first kappa shape index (κ1) is 22.3. The van der Waals surface area contributed by atoms with Gasteiger partial charge in [-0.25, -0.2) is 9.37 Å². The van der Waals surface area contributed by atoms with Crippen LogP contribution in [-0.4, -0.2) is 57.5 Å². The van der Waals surface area contributed by atoms with Crippen molar-refractivity contribution in [3.63, 3.8) is 0 Å². The number of alkyl halides is 1. The van der Waals surface area contributed by atoms with Gasteiger partial charge in [0.2, 0.25) is 0 Å². The number of hydrogen-bond donors (Lipinski definition) is 3. The normalized spacial score (nSPS) is 24.1. The fourth-order valence-corrected chi connectivity index (χ4v) is 4.69. The van der Waals surface area contributed by atoms with Crippen molar-refractivity contribution >= 4 is 28.9 Å². The van der Waals surface area contributed by atoms with Gasteiger partial charge in [-0.1, -0.05) is 0 Å². The van der Waals surface area contributed by atoms with Crippen molar-refractivity contribution in [2.24, 2.45) is 0 Å². The molecule has 34 heavy (non-hydrogen) atoms. The number of carbonyl (C=O) groups excluding carboxylic acids is 1. The molecule has 2 aliphatic rings. The van der Waals surface area contributed by atoms with Crippen molar-refractivity contribution in [3.05, 3.63) is 46.5 Å². The molecule has 11 heteroatoms. The van der Waals surface area contributed by atoms with Crippen LogP contribution < -0.4 is 21.5 Å². The highest BCUT2D eigenvalue weighted by Gasteiger charge is 2.31. The van der Waals surface area contributed by atoms with Crippen LogP contribution in [0, 0.1) is 0 Å². The van der Waals surface area contributed by atoms with E-state index < -0.39 is 6.17 Å². The summed E-state index contributed by atoms with van der Waals surface area (Å²) in [6.45, 7) is 0. The highest BCUT2D eigenvalue weighted by atomic mass is 19.1. The second-order valence-electron chi connectivity index (χ2n) is 8.89. The Morgan fingerprint density at radius 2 is 2.09 bits per heavy atom. The number of anilines is 3. The predicted molar refractivity (Wildman–Crippen MR) is 126 cm³/mol. The second kappa shape index (κ2) is 9.05. The molecule has 2 atom stereocenters. The van der Waals surface area contributed by atoms with E-state index in [9.17, 15) is 14.0 Å². The fourth-order valence-electron chi connectivity index (χ4n) is 4.69. The van der Waals surface area contributed by atoms with Crippen LogP contribution in [0.3, 0.4) is 0 Å². The van der Waals surface area contributed by atoms with Gasteiger partial charge >= 0.3 is 0 Å². The summed E-state index contributed by atoms with van der Waals surface area (Å²) in [6, 6.07) is 5.02. The zero-order valence-corrected chi connectivity index (χ0v) is 19.1. The van der Waals surface area contributed by atoms with Gasteiger partial charge in [-0.2, -0.15) is 9.61 Å². The molecule has 5 rings (SSSR count). The number of aromatic nitrogens is 4. The Kier molecular flexibility index (Phi) is 5.94. The molecule has 0 bridgehead atoms. The molecule has 0 spiro atoms. The third-order valence-electron chi connectivity index (χ3n) is 6.71. The highest BCUT2D eigenvalue weighted by Crippen LogP contribution is 2.33. The average Bonchev–Trinajstić information content (AvgIpc) is 3.45. The van der Waals surface area contributed by atoms with Crippen molar-refractivity contribution in [1.82, 2.24) is 24.5 Å². The number of nitrogens with one attached hydrogen (secondary N) is 3. The molecule has 0 radical (unpaired) electrons. The largest absolute Gasteiger partial charge is 0.381 e. The lowest BCUT2D eigenvalue weighted by molar-refractivity contribution is 0.0916. The molecule has 0 saturated heterocycles. The van der Waals surface area contributed by atoms with Gasteiger partial charge in [0.15, 0.2) is 5.65 Å². The van der Waals surface area contributed by atoms with Gasteiger partial charge in [-0.15, -0.1) is 0 Å². The van der Waals surface area contributed by atoms with Crippen LogP contribution in [0.1, 0.15) is 48.5 Å². The average molecular weight is 470 g/mol. The van der Waals surface area contributed by atoms with Crippen molar-refractivity contribution in [1.29, 1.82) is 0 Å². The number of methoxy groups -OCH3 is 1. The lowest BCUT2D eigenvalue weighted by Gasteiger charge is -2.31. The molecule has 3 heterocycles. The Labute approximate surface area is 195 Å². The van der Waals surface area contributed by atoms with E-state index in [-0.39, 0.29) is 29.7 Å². The summed E-state index contributed by atoms with van der Waals surface area (Å²) in [6.07, 6.45) is 5.70. The van der Waals surface area contributed by atoms with Crippen LogP contribution in [0.4, 0.5) is 21.7 Å². The Hall–Kier alpha value is -3.47. The molecule has 2 saturated carbocycles. The Balaban J connectivity index is 1.42. The minimum atomic E-state index is -0.855. The van der Waals surface area contributed by atoms with Gasteiger partial charge < -0.3 is 25.3 Å². The van der Waals surface area contributed by atoms with Gasteiger partial charge in [0.05, 0.1) is 12.3 Å². The van der Waals surface area contributed by atoms with Crippen molar-refractivity contribution < 1.29 is 13.9 Å². The second-order valence-corrected chi connectivity index (χ2v) is 8.89. The van der Waals surface area contributed by atoms with E-state index in [1.54, 1.807) is 47.6 Å². The zero-order valence-electron chi connectivity index (χ0n) is 19.1. The van der Waals surface area contributed by atoms with Gasteiger partial charge in [-0.05, 0) is 44.2 Å². The number of fused-ring (bicyclic) bond motifs is 1. The summed E-state index contributed by atoms with van der Waals surface area (Å²) in [4.78, 5) is 30.5. The Morgan fingerprint density at radius 1 is 1.26 bits per heavy atom. The monoisotopic (exact) mass is 469 g/mol. The minimum Gasteiger partial charge on any atom is -0.381 e. The molecule has 2 fully saturated rings. The first-order valence-electron chi connectivity index (χ1n) is 11.5. The summed E-state index contributed by atoms with van der Waals surface area (Å²) < 4.78 is 21.8. The lowest BCUT2D eigenvalue weighted by atomic mass is 9.90. The van der Waals surface area contributed by atoms with Crippen molar-refractivity contribution in [3.8, 4) is 0 Å². The molecule has 2 aliphatic carbocycles. The first-order valence-corrected chi connectivity index (χ1v) is 11.5. The van der Waals surface area contributed by atoms with Gasteiger partial charge in [0.1, 0.15) is 29.1 Å². The van der Waals surface area contributed by atoms with Gasteiger partial charge in [0, 0.05) is 38.5 Å². The zero-order chi connectivity index (χ0) is 23.8. The molecule has 3 aromatic rings. The smallest absolute Gasteiger partial charge is 0.274 e. The van der Waals surface area contributed by atoms with E-state index in [0.717, 1.165) is 19.3 Å². The van der Waals surface area contributed by atoms with Crippen LogP contribution >= 0.6 is 0 Å². The minimum absolute atomic E-state index is 0.0377. The highest BCUT2D eigenvalue weighted by molar-refractivity contribution is 6.00. The summed E-state index contributed by atoms with van der Waals surface area (Å²) >= 11 is 0. The summed E-state index contributed by atoms with van der Waals surface area (Å²) in [7, 11) is 3.42. The van der Waals surface area contributed by atoms with Gasteiger partial charge in [-0.3, -0.25) is 9.59 Å². The number of amides is 1. The molecular formula is C23H28FN7O3. The number of nitrogens with zero attached hydrogens (tertiary/aromatic N) is 4. The molecule has 180 valence electrons. The molecular weight excluding hydrogens is 441 g/mol. The number of ether oxygens (including phenoxy) is 1. The van der Waals surface area contributed by atoms with E-state index >= 15 is 0 Å². The quantitative estimate of drug-likeness (QED) is 0.487. The van der Waals surface area contributed by atoms with E-state index in [1.165, 1.54) is 6.20 Å². The van der Waals surface area contributed by atoms with Crippen molar-refractivity contribution in [2.45, 2.75) is 56.5 Å². The SMILES string of the molecule is CNc1cc(Nc2cccn(C3CC(F)C3)c2=O)nc2c(C(=O)N[C@@H]3CC[C@@H](OC)C3)cnn12. The van der Waals surface area contributed by atoms with Gasteiger partial charge in [0.25, 0.3) is 11.5 Å². The maximum atomic E-state index is 13.3. The number of hydrogen-bond acceptors (Lipinski definition) is 7. The van der Waals surface area contributed by atoms with Crippen molar-refractivity contribution in [2.75, 3.05) is 24.8 Å². The summed E-state index contributed by atoms with van der Waals surface area (Å²) in [5.41, 5.74) is 0.789. The third kappa shape index (κ3) is 4.11. The standard InChI is InChI=1S/C23H28FN7O3/c1-25-20-11-19(28-18-4-3-7-30(23(18)33)15-8-13(24)9-15)29-21-17(12-26-31(20)21)22(32)27-14-5-6-16(10-14)34-2/h3-4,7,11-16,25H,5-6,8-10H2,1-2H3,(H,27,32)(H,28,29)/t13?,14-,15?,16-/m1/s1. The number of halogens is 1. The molecule has 3 N–H and O–H groups in total. The van der Waals surface area contributed by atoms with E-state index in [4.69, 9.17) is 4.74 Å². The number of pyridine rings is 1. The molecule has 0 unspecified atom stereocenters. The molecule has 3 aromatic heterocycles. The number of rotatable bonds is 7. The Morgan fingerprint density at radius 3 is 2.79 bits per heavy atom. The van der Waals surface area contributed by atoms with E-state index in [0.29, 0.717) is 41.4 Å². The summed E-state index contributed by atoms with van der Waals surface area (Å²) in [5, 5.41) is 13.5.